The Bertz CT molecular complexity index is 3040. The fourth-order valence-corrected chi connectivity index (χ4v) is 13.7. The Morgan fingerprint density at radius 1 is 0.182 bits per heavy atom. The predicted molar refractivity (Wildman–Crippen MR) is 472 cm³/mol. The van der Waals surface area contributed by atoms with Crippen LogP contribution in [0.25, 0.3) is 0 Å². The lowest BCUT2D eigenvalue weighted by molar-refractivity contribution is -0.137. The van der Waals surface area contributed by atoms with Crippen molar-refractivity contribution in [1.29, 1.82) is 0 Å². The van der Waals surface area contributed by atoms with Crippen molar-refractivity contribution in [2.75, 3.05) is 52.4 Å². The second-order valence-corrected chi connectivity index (χ2v) is 34.9. The van der Waals surface area contributed by atoms with Crippen LogP contribution in [-0.2, 0) is 67.1 Å². The largest absolute Gasteiger partial charge is 0.368 e. The van der Waals surface area contributed by atoms with Crippen molar-refractivity contribution in [1.82, 2.24) is 69.1 Å². The minimum Gasteiger partial charge on any atom is -0.368 e. The van der Waals surface area contributed by atoms with Crippen LogP contribution in [0, 0.1) is 35.5 Å². The Morgan fingerprint density at radius 2 is 0.306 bits per heavy atom. The molecule has 14 atom stereocenters. The zero-order valence-corrected chi connectivity index (χ0v) is 75.4. The number of carbonyl (C=O) groups excluding carboxylic acids is 14. The molecular formula is C84H165N23O14. The molecule has 0 aromatic rings. The third-order valence-electron chi connectivity index (χ3n) is 20.4. The molecule has 0 aromatic heterocycles. The number of carbonyl (C=O) groups is 14. The molecule has 37 nitrogen and oxygen atoms in total. The summed E-state index contributed by atoms with van der Waals surface area (Å²) in [6, 6.07) is -16.8. The summed E-state index contributed by atoms with van der Waals surface area (Å²) in [5.74, 6) is -11.0. The molecule has 0 aliphatic heterocycles. The number of nitrogens with one attached hydrogen (secondary N) is 13. The number of amides is 14. The van der Waals surface area contributed by atoms with Gasteiger partial charge in [0.05, 0.1) is 6.04 Å². The third kappa shape index (κ3) is 50.6. The molecule has 37 heteroatoms. The van der Waals surface area contributed by atoms with Crippen molar-refractivity contribution in [3.63, 3.8) is 0 Å². The molecule has 0 bridgehead atoms. The highest BCUT2D eigenvalue weighted by Gasteiger charge is 2.39. The van der Waals surface area contributed by atoms with Gasteiger partial charge >= 0.3 is 0 Å². The van der Waals surface area contributed by atoms with Crippen LogP contribution in [0.5, 0.6) is 0 Å². The average molecular weight is 1720 g/mol. The molecule has 0 aliphatic carbocycles. The zero-order chi connectivity index (χ0) is 91.7. The molecule has 700 valence electrons. The summed E-state index contributed by atoms with van der Waals surface area (Å²) in [7, 11) is 0. The first kappa shape index (κ1) is 113. The van der Waals surface area contributed by atoms with Crippen LogP contribution in [0.3, 0.4) is 0 Å². The molecule has 14 amide bonds. The van der Waals surface area contributed by atoms with E-state index in [1.54, 1.807) is 0 Å². The van der Waals surface area contributed by atoms with Crippen molar-refractivity contribution < 1.29 is 67.1 Å². The van der Waals surface area contributed by atoms with Gasteiger partial charge in [0.15, 0.2) is 0 Å². The van der Waals surface area contributed by atoms with E-state index in [0.717, 1.165) is 0 Å². The van der Waals surface area contributed by atoms with Crippen LogP contribution in [-0.4, -0.2) is 220 Å². The summed E-state index contributed by atoms with van der Waals surface area (Å²) in [6.07, 6.45) is 8.91. The number of rotatable bonds is 71. The van der Waals surface area contributed by atoms with Crippen molar-refractivity contribution in [2.45, 2.75) is 360 Å². The molecule has 0 aliphatic rings. The van der Waals surface area contributed by atoms with Crippen molar-refractivity contribution >= 4 is 82.7 Å². The Balaban J connectivity index is 7.42. The van der Waals surface area contributed by atoms with Gasteiger partial charge in [-0.2, -0.15) is 0 Å². The minimum absolute atomic E-state index is 0.00793. The highest BCUT2D eigenvalue weighted by Crippen LogP contribution is 2.19. The summed E-state index contributed by atoms with van der Waals surface area (Å²) in [4.78, 5) is 201. The lowest BCUT2D eigenvalue weighted by Crippen LogP contribution is -2.61. The third-order valence-corrected chi connectivity index (χ3v) is 20.4. The monoisotopic (exact) mass is 1720 g/mol. The van der Waals surface area contributed by atoms with Gasteiger partial charge in [0.2, 0.25) is 82.7 Å². The molecule has 0 aromatic carbocycles. The number of primary amides is 1. The van der Waals surface area contributed by atoms with Crippen LogP contribution in [0.4, 0.5) is 0 Å². The van der Waals surface area contributed by atoms with Gasteiger partial charge < -0.3 is 126 Å². The Hall–Kier alpha value is -7.78. The molecule has 0 saturated carbocycles. The summed E-state index contributed by atoms with van der Waals surface area (Å²) in [6.45, 7) is 24.4. The molecule has 0 heterocycles. The predicted octanol–water partition coefficient (Wildman–Crippen LogP) is -0.590. The summed E-state index contributed by atoms with van der Waals surface area (Å²) in [5.41, 5.74) is 58.7. The van der Waals surface area contributed by atoms with E-state index in [9.17, 15) is 67.1 Å². The molecule has 0 fully saturated rings. The van der Waals surface area contributed by atoms with Crippen LogP contribution < -0.4 is 126 Å². The maximum Gasteiger partial charge on any atom is 0.243 e. The SMILES string of the molecule is CC(C)C[C@H](NC(=O)[C@H](CCCCN)NC(=O)[C@H](CCCCN)NC(=O)[C@H](CC(C)C)NC(=O)[C@H](CC(C)C)NC(=O)[C@H](CCCCN)NC(=O)[C@H](CCCCN)NC(=O)[C@H](CC(C)C)NC(=O)[C@H](CCCCN)NC(=O)[C@H](CCCCN)NC(=O)[C@H](CC(C)C)NC(=O)[C@H](CC(C)C)NC(=O)[C@H](CCCCN)NC(=O)[C@@H](N)CCCCN)C(N)=O. The maximum absolute atomic E-state index is 14.9. The van der Waals surface area contributed by atoms with E-state index in [-0.39, 0.29) is 152 Å². The second-order valence-electron chi connectivity index (χ2n) is 34.9. The number of hydrogen-bond acceptors (Lipinski definition) is 23. The average Bonchev–Trinajstić information content (AvgIpc) is 0.854. The lowest BCUT2D eigenvalue weighted by Gasteiger charge is -2.30. The molecule has 0 radical (unpaired) electrons. The lowest BCUT2D eigenvalue weighted by atomic mass is 9.98. The minimum atomic E-state index is -1.32. The first-order valence-corrected chi connectivity index (χ1v) is 44.9. The van der Waals surface area contributed by atoms with Crippen molar-refractivity contribution in [3.05, 3.63) is 0 Å². The van der Waals surface area contributed by atoms with E-state index in [0.29, 0.717) is 129 Å². The Morgan fingerprint density at radius 3 is 0.455 bits per heavy atom. The van der Waals surface area contributed by atoms with Gasteiger partial charge in [0, 0.05) is 0 Å². The van der Waals surface area contributed by atoms with E-state index in [2.05, 4.69) is 69.1 Å². The van der Waals surface area contributed by atoms with E-state index in [1.807, 2.05) is 83.1 Å². The molecule has 0 unspecified atom stereocenters. The highest BCUT2D eigenvalue weighted by molar-refractivity contribution is 6.00. The molecule has 33 N–H and O–H groups in total. The smallest absolute Gasteiger partial charge is 0.243 e. The van der Waals surface area contributed by atoms with Gasteiger partial charge in [-0.1, -0.05) is 89.5 Å². The summed E-state index contributed by atoms with van der Waals surface area (Å²) >= 11 is 0. The molecular weight excluding hydrogens is 1560 g/mol. The first-order chi connectivity index (χ1) is 57.3. The Labute approximate surface area is 721 Å². The molecule has 0 saturated heterocycles. The summed E-state index contributed by atoms with van der Waals surface area (Å²) in [5, 5.41) is 36.5. The number of nitrogens with two attached hydrogens (primary N) is 10. The van der Waals surface area contributed by atoms with Crippen LogP contribution >= 0.6 is 0 Å². The topological polar surface area (TPSA) is 656 Å². The molecule has 0 spiro atoms. The zero-order valence-electron chi connectivity index (χ0n) is 75.4. The van der Waals surface area contributed by atoms with E-state index in [4.69, 9.17) is 57.3 Å². The van der Waals surface area contributed by atoms with E-state index >= 15 is 0 Å². The fraction of sp³-hybridized carbons (Fsp3) is 0.833. The molecule has 121 heavy (non-hydrogen) atoms. The quantitative estimate of drug-likeness (QED) is 0.0338. The van der Waals surface area contributed by atoms with Crippen LogP contribution in [0.15, 0.2) is 0 Å². The first-order valence-electron chi connectivity index (χ1n) is 44.9. The van der Waals surface area contributed by atoms with Crippen LogP contribution in [0.2, 0.25) is 0 Å². The summed E-state index contributed by atoms with van der Waals surface area (Å²) < 4.78 is 0. The number of hydrogen-bond donors (Lipinski definition) is 23. The second kappa shape index (κ2) is 65.8. The molecule has 0 rings (SSSR count). The Kier molecular flexibility index (Phi) is 61.6. The van der Waals surface area contributed by atoms with Gasteiger partial charge in [-0.3, -0.25) is 67.1 Å². The van der Waals surface area contributed by atoms with Crippen molar-refractivity contribution in [3.8, 4) is 0 Å². The normalized spacial score (nSPS) is 15.1. The maximum atomic E-state index is 14.9. The van der Waals surface area contributed by atoms with Gasteiger partial charge in [0.25, 0.3) is 0 Å². The van der Waals surface area contributed by atoms with Gasteiger partial charge in [-0.25, -0.2) is 0 Å². The van der Waals surface area contributed by atoms with Gasteiger partial charge in [-0.05, 0) is 274 Å². The van der Waals surface area contributed by atoms with Gasteiger partial charge in [-0.15, -0.1) is 0 Å². The van der Waals surface area contributed by atoms with Gasteiger partial charge in [0.1, 0.15) is 78.5 Å². The standard InChI is InChI=1S/C84H165N23O14/c1-51(2)45-65(71(94)108)102-76(113)62(34-18-26-42-90)96-73(110)59(31-15-23-39-87)100-81(118)68(48-54(7)8)107-84(121)70(50-56(11)12)105-79(116)64(36-20-28-44-92)98-74(111)60(32-16-24-40-88)99-80(117)66(46-52(3)4)103-78(115)63(35-19-27-43-91)97-75(112)61(33-17-25-41-89)101-82(119)67(47-53(5)6)106-83(120)69(49-55(9)10)104-77(114)58(30-14-22-38-86)95-72(109)57(93)29-13-21-37-85/h51-70H,13-50,85-93H2,1-12H3,(H2,94,108)(H,95,109)(H,96,110)(H,97,112)(H,98,111)(H,99,117)(H,100,118)(H,101,119)(H,102,113)(H,103,115)(H,104,114)(H,105,116)(H,106,120)(H,107,121)/t57-,58-,59-,60-,61-,62-,63-,64-,65-,66-,67-,68-,69-,70-/m0/s1. The van der Waals surface area contributed by atoms with E-state index < -0.39 is 167 Å². The van der Waals surface area contributed by atoms with Crippen molar-refractivity contribution in [2.24, 2.45) is 92.8 Å². The number of unbranched alkanes of at least 4 members (excludes halogenated alkanes) is 8. The van der Waals surface area contributed by atoms with Crippen LogP contribution in [0.1, 0.15) is 276 Å². The van der Waals surface area contributed by atoms with E-state index in [1.165, 1.54) is 0 Å². The fourth-order valence-electron chi connectivity index (χ4n) is 13.7. The highest BCUT2D eigenvalue weighted by atomic mass is 16.2.